The first-order valence-electron chi connectivity index (χ1n) is 12.2. The van der Waals surface area contributed by atoms with E-state index in [0.717, 1.165) is 75.8 Å². The van der Waals surface area contributed by atoms with E-state index in [2.05, 4.69) is 49.8 Å². The van der Waals surface area contributed by atoms with Crippen molar-refractivity contribution in [2.24, 2.45) is 5.92 Å². The molecule has 0 amide bonds. The molecule has 1 saturated carbocycles. The van der Waals surface area contributed by atoms with Gasteiger partial charge in [-0.05, 0) is 88.2 Å². The zero-order valence-electron chi connectivity index (χ0n) is 19.3. The van der Waals surface area contributed by atoms with Crippen LogP contribution in [0.5, 0.6) is 0 Å². The molecule has 6 nitrogen and oxygen atoms in total. The van der Waals surface area contributed by atoms with Crippen molar-refractivity contribution in [3.63, 3.8) is 0 Å². The number of anilines is 1. The van der Waals surface area contributed by atoms with Crippen molar-refractivity contribution < 1.29 is 0 Å². The molecule has 3 N–H and O–H groups in total. The van der Waals surface area contributed by atoms with Gasteiger partial charge in [0.05, 0.1) is 5.39 Å². The third kappa shape index (κ3) is 5.48. The molecule has 0 unspecified atom stereocenters. The molecule has 6 heteroatoms. The van der Waals surface area contributed by atoms with Crippen LogP contribution in [0.2, 0.25) is 0 Å². The molecule has 2 aromatic rings. The Bertz CT molecular complexity index is 943. The highest BCUT2D eigenvalue weighted by Crippen LogP contribution is 2.38. The first-order valence-corrected chi connectivity index (χ1v) is 12.2. The number of rotatable bonds is 12. The molecule has 2 aliphatic rings. The summed E-state index contributed by atoms with van der Waals surface area (Å²) < 4.78 is 2.45. The van der Waals surface area contributed by atoms with Gasteiger partial charge in [-0.1, -0.05) is 31.4 Å². The molecule has 0 aromatic carbocycles. The Balaban J connectivity index is 1.18. The number of hydrogen-bond donors (Lipinski definition) is 3. The van der Waals surface area contributed by atoms with Gasteiger partial charge >= 0.3 is 0 Å². The topological polar surface area (TPSA) is 66.8 Å². The van der Waals surface area contributed by atoms with Crippen molar-refractivity contribution in [1.82, 2.24) is 25.2 Å². The molecular weight excluding hydrogens is 396 g/mol. The number of nitrogens with one attached hydrogen (secondary N) is 3. The van der Waals surface area contributed by atoms with E-state index in [9.17, 15) is 0 Å². The van der Waals surface area contributed by atoms with Gasteiger partial charge in [0.25, 0.3) is 0 Å². The lowest BCUT2D eigenvalue weighted by Gasteiger charge is -2.15. The minimum Gasteiger partial charge on any atom is -0.369 e. The van der Waals surface area contributed by atoms with Crippen LogP contribution in [0.1, 0.15) is 50.1 Å². The zero-order valence-corrected chi connectivity index (χ0v) is 19.3. The van der Waals surface area contributed by atoms with E-state index in [0.29, 0.717) is 6.04 Å². The smallest absolute Gasteiger partial charge is 0.146 e. The summed E-state index contributed by atoms with van der Waals surface area (Å²) in [6.07, 6.45) is 18.0. The van der Waals surface area contributed by atoms with Gasteiger partial charge in [-0.15, -0.1) is 0 Å². The lowest BCUT2D eigenvalue weighted by molar-refractivity contribution is 0.451. The lowest BCUT2D eigenvalue weighted by atomic mass is 10.1. The first-order chi connectivity index (χ1) is 15.8. The van der Waals surface area contributed by atoms with E-state index < -0.39 is 0 Å². The number of aryl methyl sites for hydroxylation is 1. The van der Waals surface area contributed by atoms with Gasteiger partial charge in [0.15, 0.2) is 0 Å². The van der Waals surface area contributed by atoms with Gasteiger partial charge in [-0.2, -0.15) is 0 Å². The largest absolute Gasteiger partial charge is 0.369 e. The number of nitrogens with zero attached hydrogens (tertiary/aromatic N) is 3. The van der Waals surface area contributed by atoms with Crippen molar-refractivity contribution in [3.05, 3.63) is 55.0 Å². The van der Waals surface area contributed by atoms with E-state index >= 15 is 0 Å². The van der Waals surface area contributed by atoms with Crippen molar-refractivity contribution in [2.75, 3.05) is 38.0 Å². The minimum absolute atomic E-state index is 0.560. The van der Waals surface area contributed by atoms with Gasteiger partial charge in [-0.25, -0.2) is 9.97 Å². The molecular formula is C26H38N6. The monoisotopic (exact) mass is 434 g/mol. The highest BCUT2D eigenvalue weighted by molar-refractivity contribution is 5.91. The second-order valence-corrected chi connectivity index (χ2v) is 9.08. The standard InChI is InChI=1S/C26H38N6/c1-3-7-20(4-2)11-15-27-12-6-13-28-17-21-9-10-23(16-21)32-18-22-8-5-14-29-25-24(22)26(32)31-19-30-25/h3-4,7,18-19,21,23,27-28H,1-2,5-6,8-17H2,(H,29,30,31)/b20-7+/t21-,23+/m1/s1. The highest BCUT2D eigenvalue weighted by Gasteiger charge is 2.28. The summed E-state index contributed by atoms with van der Waals surface area (Å²) >= 11 is 0. The molecule has 0 bridgehead atoms. The van der Waals surface area contributed by atoms with Gasteiger partial charge in [0.1, 0.15) is 17.8 Å². The molecule has 1 aliphatic carbocycles. The van der Waals surface area contributed by atoms with E-state index in [1.54, 1.807) is 6.33 Å². The molecule has 32 heavy (non-hydrogen) atoms. The summed E-state index contributed by atoms with van der Waals surface area (Å²) in [4.78, 5) is 9.16. The normalized spacial score (nSPS) is 20.8. The predicted octanol–water partition coefficient (Wildman–Crippen LogP) is 4.39. The molecule has 0 spiro atoms. The Morgan fingerprint density at radius 3 is 2.97 bits per heavy atom. The molecule has 2 atom stereocenters. The molecule has 1 aliphatic heterocycles. The van der Waals surface area contributed by atoms with Gasteiger partial charge in [-0.3, -0.25) is 0 Å². The van der Waals surface area contributed by atoms with Crippen LogP contribution in [-0.2, 0) is 6.42 Å². The van der Waals surface area contributed by atoms with Crippen LogP contribution in [0, 0.1) is 5.92 Å². The predicted molar refractivity (Wildman–Crippen MR) is 134 cm³/mol. The highest BCUT2D eigenvalue weighted by atomic mass is 15.1. The SMILES string of the molecule is C=C/C=C(\C=C)CCNCCCNC[C@@H]1CC[C@H](n2cc3c4c(ncnc42)NCCC3)C1. The summed E-state index contributed by atoms with van der Waals surface area (Å²) in [6, 6.07) is 0.560. The Hall–Kier alpha value is -2.44. The van der Waals surface area contributed by atoms with Crippen LogP contribution in [0.3, 0.4) is 0 Å². The van der Waals surface area contributed by atoms with Crippen LogP contribution in [0.25, 0.3) is 11.0 Å². The van der Waals surface area contributed by atoms with E-state index in [1.807, 2.05) is 18.2 Å². The van der Waals surface area contributed by atoms with Gasteiger partial charge in [0, 0.05) is 18.8 Å². The Morgan fingerprint density at radius 2 is 2.09 bits per heavy atom. The zero-order chi connectivity index (χ0) is 22.2. The Labute approximate surface area is 192 Å². The molecule has 0 saturated heterocycles. The third-order valence-corrected chi connectivity index (χ3v) is 6.83. The van der Waals surface area contributed by atoms with E-state index in [-0.39, 0.29) is 0 Å². The summed E-state index contributed by atoms with van der Waals surface area (Å²) in [5.41, 5.74) is 3.77. The fourth-order valence-corrected chi connectivity index (χ4v) is 5.14. The summed E-state index contributed by atoms with van der Waals surface area (Å²) in [6.45, 7) is 12.8. The van der Waals surface area contributed by atoms with E-state index in [1.165, 1.54) is 35.8 Å². The van der Waals surface area contributed by atoms with Crippen LogP contribution in [0.15, 0.2) is 49.5 Å². The minimum atomic E-state index is 0.560. The van der Waals surface area contributed by atoms with Crippen molar-refractivity contribution >= 4 is 16.9 Å². The number of aromatic nitrogens is 3. The maximum Gasteiger partial charge on any atom is 0.146 e. The lowest BCUT2D eigenvalue weighted by Crippen LogP contribution is -2.26. The first kappa shape index (κ1) is 22.7. The fraction of sp³-hybridized carbons (Fsp3) is 0.538. The second-order valence-electron chi connectivity index (χ2n) is 9.08. The van der Waals surface area contributed by atoms with Crippen LogP contribution < -0.4 is 16.0 Å². The molecule has 172 valence electrons. The maximum absolute atomic E-state index is 4.67. The van der Waals surface area contributed by atoms with Crippen LogP contribution in [-0.4, -0.2) is 47.3 Å². The van der Waals surface area contributed by atoms with Crippen molar-refractivity contribution in [3.8, 4) is 0 Å². The molecule has 1 fully saturated rings. The summed E-state index contributed by atoms with van der Waals surface area (Å²) in [5.74, 6) is 1.77. The third-order valence-electron chi connectivity index (χ3n) is 6.83. The van der Waals surface area contributed by atoms with Crippen molar-refractivity contribution in [1.29, 1.82) is 0 Å². The molecule has 3 heterocycles. The number of allylic oxidation sites excluding steroid dienone is 3. The summed E-state index contributed by atoms with van der Waals surface area (Å²) in [5, 5.41) is 11.9. The summed E-state index contributed by atoms with van der Waals surface area (Å²) in [7, 11) is 0. The average molecular weight is 435 g/mol. The molecule has 0 radical (unpaired) electrons. The average Bonchev–Trinajstić information content (AvgIpc) is 3.36. The van der Waals surface area contributed by atoms with Crippen LogP contribution in [0.4, 0.5) is 5.82 Å². The van der Waals surface area contributed by atoms with Crippen LogP contribution >= 0.6 is 0 Å². The van der Waals surface area contributed by atoms with Gasteiger partial charge < -0.3 is 20.5 Å². The molecule has 2 aromatic heterocycles. The number of hydrogen-bond acceptors (Lipinski definition) is 5. The maximum atomic E-state index is 4.67. The Kier molecular flexibility index (Phi) is 8.13. The van der Waals surface area contributed by atoms with Gasteiger partial charge in [0.2, 0.25) is 0 Å². The fourth-order valence-electron chi connectivity index (χ4n) is 5.14. The molecule has 4 rings (SSSR count). The Morgan fingerprint density at radius 1 is 1.19 bits per heavy atom. The van der Waals surface area contributed by atoms with Crippen molar-refractivity contribution in [2.45, 2.75) is 51.0 Å². The van der Waals surface area contributed by atoms with E-state index in [4.69, 9.17) is 0 Å². The quantitative estimate of drug-likeness (QED) is 0.342. The second kappa shape index (κ2) is 11.4.